The summed E-state index contributed by atoms with van der Waals surface area (Å²) in [6.45, 7) is 15.4. The fraction of sp³-hybridized carbons (Fsp3) is 0.905. The van der Waals surface area contributed by atoms with Gasteiger partial charge in [-0.3, -0.25) is 9.79 Å². The SMILES string of the molecule is CCNC(=NCC1CCCOC1C(C)(C)C)N1CCC(C(=O)OCC)CC1. The molecule has 0 spiro atoms. The van der Waals surface area contributed by atoms with Crippen LogP contribution >= 0.6 is 0 Å². The molecule has 2 saturated heterocycles. The molecule has 2 aliphatic rings. The van der Waals surface area contributed by atoms with E-state index in [4.69, 9.17) is 14.5 Å². The molecule has 6 nitrogen and oxygen atoms in total. The van der Waals surface area contributed by atoms with E-state index in [0.29, 0.717) is 12.5 Å². The second kappa shape index (κ2) is 10.3. The number of esters is 1. The van der Waals surface area contributed by atoms with E-state index in [-0.39, 0.29) is 23.4 Å². The minimum atomic E-state index is -0.0496. The zero-order valence-electron chi connectivity index (χ0n) is 17.9. The lowest BCUT2D eigenvalue weighted by Gasteiger charge is -2.40. The Morgan fingerprint density at radius 1 is 1.22 bits per heavy atom. The van der Waals surface area contributed by atoms with Crippen molar-refractivity contribution in [3.05, 3.63) is 0 Å². The highest BCUT2D eigenvalue weighted by molar-refractivity contribution is 5.80. The third-order valence-corrected chi connectivity index (χ3v) is 5.52. The van der Waals surface area contributed by atoms with Crippen LogP contribution in [-0.4, -0.2) is 62.3 Å². The molecule has 2 atom stereocenters. The number of carbonyl (C=O) groups excluding carboxylic acids is 1. The number of nitrogens with one attached hydrogen (secondary N) is 1. The fourth-order valence-corrected chi connectivity index (χ4v) is 4.20. The van der Waals surface area contributed by atoms with E-state index in [9.17, 15) is 4.79 Å². The maximum atomic E-state index is 12.0. The molecule has 0 radical (unpaired) electrons. The lowest BCUT2D eigenvalue weighted by molar-refractivity contribution is -0.149. The van der Waals surface area contributed by atoms with Gasteiger partial charge in [-0.2, -0.15) is 0 Å². The Morgan fingerprint density at radius 2 is 1.93 bits per heavy atom. The van der Waals surface area contributed by atoms with Gasteiger partial charge >= 0.3 is 5.97 Å². The minimum absolute atomic E-state index is 0.0288. The van der Waals surface area contributed by atoms with E-state index in [1.54, 1.807) is 0 Å². The van der Waals surface area contributed by atoms with Crippen LogP contribution in [0.1, 0.15) is 60.3 Å². The zero-order valence-corrected chi connectivity index (χ0v) is 17.9. The molecule has 2 fully saturated rings. The number of ether oxygens (including phenoxy) is 2. The van der Waals surface area contributed by atoms with Crippen LogP contribution in [0.15, 0.2) is 4.99 Å². The molecule has 0 saturated carbocycles. The van der Waals surface area contributed by atoms with Crippen molar-refractivity contribution in [2.24, 2.45) is 22.2 Å². The molecule has 0 aromatic carbocycles. The lowest BCUT2D eigenvalue weighted by Crippen LogP contribution is -2.47. The van der Waals surface area contributed by atoms with Crippen LogP contribution in [-0.2, 0) is 14.3 Å². The summed E-state index contributed by atoms with van der Waals surface area (Å²) < 4.78 is 11.3. The molecule has 0 bridgehead atoms. The van der Waals surface area contributed by atoms with Crippen molar-refractivity contribution < 1.29 is 14.3 Å². The number of nitrogens with zero attached hydrogens (tertiary/aromatic N) is 2. The van der Waals surface area contributed by atoms with Crippen molar-refractivity contribution in [2.75, 3.05) is 39.4 Å². The number of piperidine rings is 1. The van der Waals surface area contributed by atoms with Crippen LogP contribution in [0.25, 0.3) is 0 Å². The summed E-state index contributed by atoms with van der Waals surface area (Å²) in [6.07, 6.45) is 4.22. The Balaban J connectivity index is 1.97. The molecule has 0 amide bonds. The van der Waals surface area contributed by atoms with Crippen LogP contribution in [0.2, 0.25) is 0 Å². The molecular formula is C21H39N3O3. The molecule has 27 heavy (non-hydrogen) atoms. The Bertz CT molecular complexity index is 493. The van der Waals surface area contributed by atoms with E-state index in [0.717, 1.165) is 58.0 Å². The molecule has 0 aromatic rings. The number of aliphatic imine (C=N–C) groups is 1. The molecule has 1 N–H and O–H groups in total. The summed E-state index contributed by atoms with van der Waals surface area (Å²) in [5.74, 6) is 1.41. The first-order valence-corrected chi connectivity index (χ1v) is 10.7. The Labute approximate surface area is 165 Å². The van der Waals surface area contributed by atoms with E-state index < -0.39 is 0 Å². The lowest BCUT2D eigenvalue weighted by atomic mass is 9.78. The fourth-order valence-electron chi connectivity index (χ4n) is 4.20. The number of guanidine groups is 1. The van der Waals surface area contributed by atoms with Crippen molar-refractivity contribution >= 4 is 11.9 Å². The van der Waals surface area contributed by atoms with Gasteiger partial charge in [0.15, 0.2) is 5.96 Å². The highest BCUT2D eigenvalue weighted by Crippen LogP contribution is 2.34. The van der Waals surface area contributed by atoms with E-state index in [1.165, 1.54) is 6.42 Å². The van der Waals surface area contributed by atoms with E-state index in [1.807, 2.05) is 6.92 Å². The van der Waals surface area contributed by atoms with Gasteiger partial charge in [-0.25, -0.2) is 0 Å². The first kappa shape index (κ1) is 22.0. The highest BCUT2D eigenvalue weighted by Gasteiger charge is 2.35. The predicted molar refractivity (Wildman–Crippen MR) is 109 cm³/mol. The number of carbonyl (C=O) groups is 1. The van der Waals surface area contributed by atoms with Gasteiger partial charge in [0.05, 0.1) is 18.6 Å². The topological polar surface area (TPSA) is 63.2 Å². The van der Waals surface area contributed by atoms with Crippen LogP contribution in [0.3, 0.4) is 0 Å². The predicted octanol–water partition coefficient (Wildman–Crippen LogP) is 3.07. The van der Waals surface area contributed by atoms with Crippen LogP contribution in [0.4, 0.5) is 0 Å². The van der Waals surface area contributed by atoms with Crippen molar-refractivity contribution in [3.8, 4) is 0 Å². The van der Waals surface area contributed by atoms with Gasteiger partial charge in [0.25, 0.3) is 0 Å². The smallest absolute Gasteiger partial charge is 0.309 e. The number of rotatable bonds is 5. The molecule has 2 heterocycles. The second-order valence-corrected chi connectivity index (χ2v) is 8.77. The number of likely N-dealkylation sites (tertiary alicyclic amines) is 1. The van der Waals surface area contributed by atoms with Gasteiger partial charge in [-0.15, -0.1) is 0 Å². The Hall–Kier alpha value is -1.30. The van der Waals surface area contributed by atoms with E-state index >= 15 is 0 Å². The monoisotopic (exact) mass is 381 g/mol. The normalized spacial score (nSPS) is 25.4. The average molecular weight is 382 g/mol. The summed E-state index contributed by atoms with van der Waals surface area (Å²) in [6, 6.07) is 0. The highest BCUT2D eigenvalue weighted by atomic mass is 16.5. The van der Waals surface area contributed by atoms with Gasteiger partial charge < -0.3 is 19.7 Å². The number of hydrogen-bond donors (Lipinski definition) is 1. The molecule has 2 aliphatic heterocycles. The maximum Gasteiger partial charge on any atom is 0.309 e. The van der Waals surface area contributed by atoms with Crippen LogP contribution in [0.5, 0.6) is 0 Å². The quantitative estimate of drug-likeness (QED) is 0.450. The molecule has 2 unspecified atom stereocenters. The Kier molecular flexibility index (Phi) is 8.39. The van der Waals surface area contributed by atoms with Crippen molar-refractivity contribution in [1.82, 2.24) is 10.2 Å². The maximum absolute atomic E-state index is 12.0. The van der Waals surface area contributed by atoms with Gasteiger partial charge in [0.1, 0.15) is 0 Å². The minimum Gasteiger partial charge on any atom is -0.466 e. The molecular weight excluding hydrogens is 342 g/mol. The van der Waals surface area contributed by atoms with Crippen LogP contribution < -0.4 is 5.32 Å². The van der Waals surface area contributed by atoms with Gasteiger partial charge in [0, 0.05) is 38.7 Å². The summed E-state index contributed by atoms with van der Waals surface area (Å²) in [7, 11) is 0. The van der Waals surface area contributed by atoms with Crippen molar-refractivity contribution in [3.63, 3.8) is 0 Å². The summed E-state index contributed by atoms with van der Waals surface area (Å²) >= 11 is 0. The average Bonchev–Trinajstić information content (AvgIpc) is 2.65. The van der Waals surface area contributed by atoms with Gasteiger partial charge in [-0.1, -0.05) is 20.8 Å². The second-order valence-electron chi connectivity index (χ2n) is 8.77. The first-order chi connectivity index (χ1) is 12.9. The molecule has 2 rings (SSSR count). The zero-order chi connectivity index (χ0) is 19.9. The third-order valence-electron chi connectivity index (χ3n) is 5.52. The standard InChI is InChI=1S/C21H39N3O3/c1-6-22-20(24-12-10-16(11-13-24)19(25)26-7-2)23-15-17-9-8-14-27-18(17)21(3,4)5/h16-18H,6-15H2,1-5H3,(H,22,23). The van der Waals surface area contributed by atoms with Crippen molar-refractivity contribution in [1.29, 1.82) is 0 Å². The molecule has 0 aromatic heterocycles. The third kappa shape index (κ3) is 6.37. The molecule has 0 aliphatic carbocycles. The number of hydrogen-bond acceptors (Lipinski definition) is 4. The summed E-state index contributed by atoms with van der Waals surface area (Å²) in [5.41, 5.74) is 0.136. The molecule has 6 heteroatoms. The van der Waals surface area contributed by atoms with Gasteiger partial charge in [-0.05, 0) is 44.9 Å². The van der Waals surface area contributed by atoms with Crippen molar-refractivity contribution in [2.45, 2.75) is 66.4 Å². The van der Waals surface area contributed by atoms with Crippen LogP contribution in [0, 0.1) is 17.3 Å². The largest absolute Gasteiger partial charge is 0.466 e. The van der Waals surface area contributed by atoms with E-state index in [2.05, 4.69) is 37.9 Å². The first-order valence-electron chi connectivity index (χ1n) is 10.7. The van der Waals surface area contributed by atoms with Gasteiger partial charge in [0.2, 0.25) is 0 Å². The Morgan fingerprint density at radius 3 is 2.52 bits per heavy atom. The summed E-state index contributed by atoms with van der Waals surface area (Å²) in [4.78, 5) is 19.2. The molecule has 156 valence electrons. The summed E-state index contributed by atoms with van der Waals surface area (Å²) in [5, 5.41) is 3.43.